The normalized spacial score (nSPS) is 10.3. The molecule has 0 aliphatic carbocycles. The highest BCUT2D eigenvalue weighted by atomic mass is 32.2. The van der Waals surface area contributed by atoms with Crippen LogP contribution in [0.2, 0.25) is 0 Å². The van der Waals surface area contributed by atoms with E-state index in [0.717, 1.165) is 5.75 Å². The number of hydrogen-bond donors (Lipinski definition) is 1. The van der Waals surface area contributed by atoms with Gasteiger partial charge in [-0.05, 0) is 24.3 Å². The van der Waals surface area contributed by atoms with Crippen LogP contribution in [0.4, 0.5) is 4.39 Å². The molecule has 1 aromatic carbocycles. The van der Waals surface area contributed by atoms with E-state index in [4.69, 9.17) is 5.11 Å². The van der Waals surface area contributed by atoms with Crippen molar-refractivity contribution in [3.8, 4) is 0 Å². The van der Waals surface area contributed by atoms with E-state index in [1.54, 1.807) is 6.07 Å². The van der Waals surface area contributed by atoms with Gasteiger partial charge >= 0.3 is 0 Å². The van der Waals surface area contributed by atoms with Crippen molar-refractivity contribution in [2.24, 2.45) is 0 Å². The maximum Gasteiger partial charge on any atom is 0.172 e. The molecule has 0 spiro atoms. The van der Waals surface area contributed by atoms with Gasteiger partial charge in [-0.1, -0.05) is 12.1 Å². The smallest absolute Gasteiger partial charge is 0.172 e. The number of hydrogen-bond acceptors (Lipinski definition) is 3. The Balaban J connectivity index is 2.40. The molecule has 0 radical (unpaired) electrons. The van der Waals surface area contributed by atoms with Crippen LogP contribution >= 0.6 is 11.8 Å². The van der Waals surface area contributed by atoms with E-state index < -0.39 is 0 Å². The van der Waals surface area contributed by atoms with E-state index in [9.17, 15) is 9.18 Å². The van der Waals surface area contributed by atoms with Gasteiger partial charge in [0.05, 0.1) is 5.75 Å². The zero-order valence-corrected chi connectivity index (χ0v) is 9.10. The summed E-state index contributed by atoms with van der Waals surface area (Å²) in [5.74, 6) is 0.625. The second-order valence-corrected chi connectivity index (χ2v) is 4.17. The van der Waals surface area contributed by atoms with Crippen LogP contribution in [0.15, 0.2) is 24.3 Å². The van der Waals surface area contributed by atoms with Gasteiger partial charge in [0.25, 0.3) is 0 Å². The highest BCUT2D eigenvalue weighted by Gasteiger charge is 2.06. The number of ketones is 1. The molecule has 15 heavy (non-hydrogen) atoms. The van der Waals surface area contributed by atoms with Crippen LogP contribution in [0.25, 0.3) is 0 Å². The Bertz CT molecular complexity index is 328. The first-order valence-electron chi connectivity index (χ1n) is 4.71. The molecular formula is C11H13FO2S. The summed E-state index contributed by atoms with van der Waals surface area (Å²) in [4.78, 5) is 11.5. The second-order valence-electron chi connectivity index (χ2n) is 3.06. The van der Waals surface area contributed by atoms with E-state index in [-0.39, 0.29) is 18.2 Å². The SMILES string of the molecule is O=C(CSCCCO)c1cccc(F)c1. The zero-order valence-electron chi connectivity index (χ0n) is 8.28. The minimum absolute atomic E-state index is 0.0718. The third-order valence-electron chi connectivity index (χ3n) is 1.83. The number of aliphatic hydroxyl groups is 1. The van der Waals surface area contributed by atoms with E-state index >= 15 is 0 Å². The number of thioether (sulfide) groups is 1. The maximum absolute atomic E-state index is 12.8. The van der Waals surface area contributed by atoms with Gasteiger partial charge in [-0.3, -0.25) is 4.79 Å². The predicted molar refractivity (Wildman–Crippen MR) is 59.8 cm³/mol. The highest BCUT2D eigenvalue weighted by Crippen LogP contribution is 2.09. The predicted octanol–water partition coefficient (Wildman–Crippen LogP) is 2.12. The maximum atomic E-state index is 12.8. The topological polar surface area (TPSA) is 37.3 Å². The van der Waals surface area contributed by atoms with E-state index in [0.29, 0.717) is 17.7 Å². The molecule has 1 aromatic rings. The molecule has 82 valence electrons. The molecule has 0 atom stereocenters. The summed E-state index contributed by atoms with van der Waals surface area (Å²) >= 11 is 1.45. The van der Waals surface area contributed by atoms with Crippen molar-refractivity contribution in [2.45, 2.75) is 6.42 Å². The molecule has 4 heteroatoms. The minimum Gasteiger partial charge on any atom is -0.396 e. The Kier molecular flexibility index (Phi) is 5.36. The quantitative estimate of drug-likeness (QED) is 0.598. The molecule has 0 saturated heterocycles. The number of halogens is 1. The van der Waals surface area contributed by atoms with Crippen LogP contribution in [0.5, 0.6) is 0 Å². The van der Waals surface area contributed by atoms with Crippen LogP contribution in [-0.2, 0) is 0 Å². The molecule has 0 bridgehead atoms. The molecule has 1 N–H and O–H groups in total. The highest BCUT2D eigenvalue weighted by molar-refractivity contribution is 7.99. The average Bonchev–Trinajstić information content (AvgIpc) is 2.24. The average molecular weight is 228 g/mol. The largest absolute Gasteiger partial charge is 0.396 e. The summed E-state index contributed by atoms with van der Waals surface area (Å²) in [6.07, 6.45) is 0.682. The van der Waals surface area contributed by atoms with Crippen LogP contribution in [0, 0.1) is 5.82 Å². The van der Waals surface area contributed by atoms with Gasteiger partial charge in [0.1, 0.15) is 5.82 Å². The van der Waals surface area contributed by atoms with E-state index in [1.165, 1.54) is 30.0 Å². The lowest BCUT2D eigenvalue weighted by Crippen LogP contribution is -2.03. The van der Waals surface area contributed by atoms with Crippen LogP contribution < -0.4 is 0 Å². The number of carbonyl (C=O) groups excluding carboxylic acids is 1. The first-order valence-corrected chi connectivity index (χ1v) is 5.87. The van der Waals surface area contributed by atoms with E-state index in [2.05, 4.69) is 0 Å². The molecule has 2 nitrogen and oxygen atoms in total. The van der Waals surface area contributed by atoms with Crippen molar-refractivity contribution >= 4 is 17.5 Å². The molecule has 0 saturated carbocycles. The fourth-order valence-corrected chi connectivity index (χ4v) is 1.91. The van der Waals surface area contributed by atoms with Gasteiger partial charge in [-0.25, -0.2) is 4.39 Å². The molecule has 0 fully saturated rings. The molecule has 1 rings (SSSR count). The Morgan fingerprint density at radius 2 is 2.27 bits per heavy atom. The summed E-state index contributed by atoms with van der Waals surface area (Å²) in [6.45, 7) is 0.140. The lowest BCUT2D eigenvalue weighted by Gasteiger charge is -2.00. The standard InChI is InChI=1S/C11H13FO2S/c12-10-4-1-3-9(7-10)11(14)8-15-6-2-5-13/h1,3-4,7,13H,2,5-6,8H2. The molecular weight excluding hydrogens is 215 g/mol. The molecule has 0 amide bonds. The van der Waals surface area contributed by atoms with Crippen molar-refractivity contribution < 1.29 is 14.3 Å². The first-order chi connectivity index (χ1) is 7.24. The summed E-state index contributed by atoms with van der Waals surface area (Å²) in [5, 5.41) is 8.54. The van der Waals surface area contributed by atoms with Crippen molar-refractivity contribution in [1.29, 1.82) is 0 Å². The van der Waals surface area contributed by atoms with Gasteiger partial charge in [0.2, 0.25) is 0 Å². The molecule has 0 heterocycles. The monoisotopic (exact) mass is 228 g/mol. The fourth-order valence-electron chi connectivity index (χ4n) is 1.08. The second kappa shape index (κ2) is 6.58. The Labute approximate surface area is 92.5 Å². The molecule has 0 unspecified atom stereocenters. The Morgan fingerprint density at radius 1 is 1.47 bits per heavy atom. The van der Waals surface area contributed by atoms with Crippen molar-refractivity contribution in [3.63, 3.8) is 0 Å². The number of rotatable bonds is 6. The van der Waals surface area contributed by atoms with Crippen LogP contribution in [0.3, 0.4) is 0 Å². The van der Waals surface area contributed by atoms with E-state index in [1.807, 2.05) is 0 Å². The van der Waals surface area contributed by atoms with Crippen LogP contribution in [0.1, 0.15) is 16.8 Å². The Morgan fingerprint density at radius 3 is 2.93 bits per heavy atom. The summed E-state index contributed by atoms with van der Waals surface area (Å²) in [7, 11) is 0. The summed E-state index contributed by atoms with van der Waals surface area (Å²) in [6, 6.07) is 5.70. The first kappa shape index (κ1) is 12.2. The number of benzene rings is 1. The minimum atomic E-state index is -0.388. The van der Waals surface area contributed by atoms with Crippen LogP contribution in [-0.4, -0.2) is 29.0 Å². The summed E-state index contributed by atoms with van der Waals surface area (Å²) < 4.78 is 12.8. The lowest BCUT2D eigenvalue weighted by atomic mass is 10.1. The van der Waals surface area contributed by atoms with Gasteiger partial charge in [0.15, 0.2) is 5.78 Å². The van der Waals surface area contributed by atoms with Crippen molar-refractivity contribution in [2.75, 3.05) is 18.1 Å². The Hall–Kier alpha value is -0.870. The third-order valence-corrected chi connectivity index (χ3v) is 2.87. The van der Waals surface area contributed by atoms with Gasteiger partial charge < -0.3 is 5.11 Å². The van der Waals surface area contributed by atoms with Gasteiger partial charge in [-0.15, -0.1) is 0 Å². The zero-order chi connectivity index (χ0) is 11.1. The number of aliphatic hydroxyl groups excluding tert-OH is 1. The number of carbonyl (C=O) groups is 1. The van der Waals surface area contributed by atoms with Crippen molar-refractivity contribution in [1.82, 2.24) is 0 Å². The van der Waals surface area contributed by atoms with Gasteiger partial charge in [0, 0.05) is 12.2 Å². The molecule has 0 aliphatic rings. The molecule has 0 aliphatic heterocycles. The summed E-state index contributed by atoms with van der Waals surface area (Å²) in [5.41, 5.74) is 0.409. The van der Waals surface area contributed by atoms with Gasteiger partial charge in [-0.2, -0.15) is 11.8 Å². The fraction of sp³-hybridized carbons (Fsp3) is 0.364. The third kappa shape index (κ3) is 4.44. The number of Topliss-reactive ketones (excluding diaryl/α,β-unsaturated/α-hetero) is 1. The molecule has 0 aromatic heterocycles. The van der Waals surface area contributed by atoms with Crippen molar-refractivity contribution in [3.05, 3.63) is 35.6 Å². The lowest BCUT2D eigenvalue weighted by molar-refractivity contribution is 0.102.